The van der Waals surface area contributed by atoms with Gasteiger partial charge in [0.1, 0.15) is 5.75 Å². The second-order valence-corrected chi connectivity index (χ2v) is 5.35. The lowest BCUT2D eigenvalue weighted by molar-refractivity contribution is 0.0717. The summed E-state index contributed by atoms with van der Waals surface area (Å²) < 4.78 is 5.51. The average molecular weight is 277 g/mol. The third-order valence-corrected chi connectivity index (χ3v) is 3.80. The first-order valence-corrected chi connectivity index (χ1v) is 7.34. The maximum absolute atomic E-state index is 12.2. The highest BCUT2D eigenvalue weighted by molar-refractivity contribution is 5.95. The third kappa shape index (κ3) is 3.51. The number of rotatable bonds is 4. The summed E-state index contributed by atoms with van der Waals surface area (Å²) in [5, 5.41) is 12.8. The van der Waals surface area contributed by atoms with Gasteiger partial charge in [-0.15, -0.1) is 0 Å². The molecule has 20 heavy (non-hydrogen) atoms. The minimum atomic E-state index is -0.426. The molecule has 1 aliphatic carbocycles. The lowest BCUT2D eigenvalue weighted by Gasteiger charge is -2.28. The van der Waals surface area contributed by atoms with E-state index in [1.54, 1.807) is 12.1 Å². The van der Waals surface area contributed by atoms with Crippen molar-refractivity contribution in [2.75, 3.05) is 6.61 Å². The van der Waals surface area contributed by atoms with Gasteiger partial charge < -0.3 is 15.2 Å². The van der Waals surface area contributed by atoms with E-state index in [9.17, 15) is 9.90 Å². The standard InChI is InChI=1S/C16H23NO3/c1-3-20-15-10-12(9-8-11(15)2)16(19)17-13-6-4-5-7-14(13)18/h8-10,13-14,18H,3-7H2,1-2H3,(H,17,19). The fourth-order valence-corrected chi connectivity index (χ4v) is 2.58. The molecule has 2 atom stereocenters. The average Bonchev–Trinajstić information content (AvgIpc) is 2.44. The predicted octanol–water partition coefficient (Wildman–Crippen LogP) is 2.43. The molecule has 1 aliphatic rings. The number of carbonyl (C=O) groups is 1. The number of hydrogen-bond donors (Lipinski definition) is 2. The van der Waals surface area contributed by atoms with Crippen molar-refractivity contribution in [2.24, 2.45) is 0 Å². The Kier molecular flexibility index (Phi) is 5.01. The highest BCUT2D eigenvalue weighted by Crippen LogP contribution is 2.21. The molecule has 4 heteroatoms. The summed E-state index contributed by atoms with van der Waals surface area (Å²) in [6, 6.07) is 5.32. The molecule has 110 valence electrons. The van der Waals surface area contributed by atoms with E-state index < -0.39 is 6.10 Å². The van der Waals surface area contributed by atoms with Crippen molar-refractivity contribution in [3.05, 3.63) is 29.3 Å². The van der Waals surface area contributed by atoms with Crippen LogP contribution in [0.2, 0.25) is 0 Å². The Labute approximate surface area is 120 Å². The third-order valence-electron chi connectivity index (χ3n) is 3.80. The van der Waals surface area contributed by atoms with Crippen LogP contribution in [0.3, 0.4) is 0 Å². The molecule has 0 radical (unpaired) electrons. The first kappa shape index (κ1) is 14.9. The molecule has 0 heterocycles. The normalized spacial score (nSPS) is 22.4. The van der Waals surface area contributed by atoms with Crippen LogP contribution in [0.1, 0.15) is 48.5 Å². The molecule has 1 amide bonds. The Balaban J connectivity index is 2.06. The van der Waals surface area contributed by atoms with E-state index in [4.69, 9.17) is 4.74 Å². The van der Waals surface area contributed by atoms with Crippen LogP contribution < -0.4 is 10.1 Å². The van der Waals surface area contributed by atoms with E-state index in [2.05, 4.69) is 5.32 Å². The number of aryl methyl sites for hydroxylation is 1. The molecule has 2 unspecified atom stereocenters. The topological polar surface area (TPSA) is 58.6 Å². The molecular formula is C16H23NO3. The van der Waals surface area contributed by atoms with Crippen LogP contribution >= 0.6 is 0 Å². The molecule has 4 nitrogen and oxygen atoms in total. The van der Waals surface area contributed by atoms with Gasteiger partial charge in [0.05, 0.1) is 18.8 Å². The smallest absolute Gasteiger partial charge is 0.251 e. The van der Waals surface area contributed by atoms with Gasteiger partial charge in [-0.2, -0.15) is 0 Å². The molecule has 1 fully saturated rings. The summed E-state index contributed by atoms with van der Waals surface area (Å²) in [6.45, 7) is 4.45. The van der Waals surface area contributed by atoms with Gasteiger partial charge in [0.15, 0.2) is 0 Å². The fourth-order valence-electron chi connectivity index (χ4n) is 2.58. The van der Waals surface area contributed by atoms with Crippen molar-refractivity contribution in [1.82, 2.24) is 5.32 Å². The Bertz CT molecular complexity index is 473. The van der Waals surface area contributed by atoms with Gasteiger partial charge in [0.25, 0.3) is 5.91 Å². The lowest BCUT2D eigenvalue weighted by atomic mass is 9.92. The Morgan fingerprint density at radius 1 is 1.40 bits per heavy atom. The minimum absolute atomic E-state index is 0.131. The van der Waals surface area contributed by atoms with Crippen molar-refractivity contribution in [3.63, 3.8) is 0 Å². The Hall–Kier alpha value is -1.55. The molecule has 1 aromatic carbocycles. The van der Waals surface area contributed by atoms with Gasteiger partial charge in [0.2, 0.25) is 0 Å². The van der Waals surface area contributed by atoms with Gasteiger partial charge in [-0.1, -0.05) is 18.9 Å². The number of amides is 1. The molecule has 2 rings (SSSR count). The molecule has 0 spiro atoms. The van der Waals surface area contributed by atoms with Crippen LogP contribution in [0.5, 0.6) is 5.75 Å². The second kappa shape index (κ2) is 6.75. The summed E-state index contributed by atoms with van der Waals surface area (Å²) in [7, 11) is 0. The largest absolute Gasteiger partial charge is 0.494 e. The highest BCUT2D eigenvalue weighted by Gasteiger charge is 2.24. The van der Waals surface area contributed by atoms with Crippen LogP contribution in [0.25, 0.3) is 0 Å². The summed E-state index contributed by atoms with van der Waals surface area (Å²) in [5.74, 6) is 0.598. The highest BCUT2D eigenvalue weighted by atomic mass is 16.5. The number of carbonyl (C=O) groups excluding carboxylic acids is 1. The number of aliphatic hydroxyl groups is 1. The van der Waals surface area contributed by atoms with Gasteiger partial charge in [-0.25, -0.2) is 0 Å². The second-order valence-electron chi connectivity index (χ2n) is 5.35. The molecule has 0 saturated heterocycles. The van der Waals surface area contributed by atoms with Crippen LogP contribution in [0.4, 0.5) is 0 Å². The molecule has 0 bridgehead atoms. The first-order valence-electron chi connectivity index (χ1n) is 7.34. The zero-order valence-corrected chi connectivity index (χ0v) is 12.2. The Morgan fingerprint density at radius 3 is 2.85 bits per heavy atom. The summed E-state index contributed by atoms with van der Waals surface area (Å²) >= 11 is 0. The van der Waals surface area contributed by atoms with Gasteiger partial charge in [-0.05, 0) is 44.4 Å². The van der Waals surface area contributed by atoms with E-state index in [1.165, 1.54) is 0 Å². The predicted molar refractivity (Wildman–Crippen MR) is 78.1 cm³/mol. The minimum Gasteiger partial charge on any atom is -0.494 e. The van der Waals surface area contributed by atoms with E-state index in [1.807, 2.05) is 19.9 Å². The maximum atomic E-state index is 12.2. The van der Waals surface area contributed by atoms with E-state index >= 15 is 0 Å². The Morgan fingerprint density at radius 2 is 2.15 bits per heavy atom. The van der Waals surface area contributed by atoms with Crippen molar-refractivity contribution in [3.8, 4) is 5.75 Å². The molecule has 2 N–H and O–H groups in total. The molecular weight excluding hydrogens is 254 g/mol. The number of hydrogen-bond acceptors (Lipinski definition) is 3. The van der Waals surface area contributed by atoms with Crippen molar-refractivity contribution in [1.29, 1.82) is 0 Å². The molecule has 0 aliphatic heterocycles. The van der Waals surface area contributed by atoms with Crippen LogP contribution in [0.15, 0.2) is 18.2 Å². The van der Waals surface area contributed by atoms with E-state index in [-0.39, 0.29) is 11.9 Å². The van der Waals surface area contributed by atoms with Crippen molar-refractivity contribution in [2.45, 2.75) is 51.7 Å². The van der Waals surface area contributed by atoms with Crippen LogP contribution in [-0.2, 0) is 0 Å². The SMILES string of the molecule is CCOc1cc(C(=O)NC2CCCCC2O)ccc1C. The summed E-state index contributed by atoms with van der Waals surface area (Å²) in [5.41, 5.74) is 1.60. The van der Waals surface area contributed by atoms with Crippen molar-refractivity contribution < 1.29 is 14.6 Å². The molecule has 1 saturated carbocycles. The molecule has 0 aromatic heterocycles. The van der Waals surface area contributed by atoms with Gasteiger partial charge >= 0.3 is 0 Å². The summed E-state index contributed by atoms with van der Waals surface area (Å²) in [4.78, 5) is 12.2. The van der Waals surface area contributed by atoms with Gasteiger partial charge in [0, 0.05) is 5.56 Å². The quantitative estimate of drug-likeness (QED) is 0.888. The van der Waals surface area contributed by atoms with E-state index in [0.717, 1.165) is 37.0 Å². The monoisotopic (exact) mass is 277 g/mol. The fraction of sp³-hybridized carbons (Fsp3) is 0.562. The first-order chi connectivity index (χ1) is 9.61. The zero-order valence-electron chi connectivity index (χ0n) is 12.2. The van der Waals surface area contributed by atoms with Gasteiger partial charge in [-0.3, -0.25) is 4.79 Å². The van der Waals surface area contributed by atoms with Crippen LogP contribution in [-0.4, -0.2) is 29.8 Å². The van der Waals surface area contributed by atoms with Crippen molar-refractivity contribution >= 4 is 5.91 Å². The maximum Gasteiger partial charge on any atom is 0.251 e. The summed E-state index contributed by atoms with van der Waals surface area (Å²) in [6.07, 6.45) is 3.27. The molecule has 1 aromatic rings. The number of benzene rings is 1. The number of ether oxygens (including phenoxy) is 1. The number of aliphatic hydroxyl groups excluding tert-OH is 1. The van der Waals surface area contributed by atoms with E-state index in [0.29, 0.717) is 12.2 Å². The van der Waals surface area contributed by atoms with Crippen LogP contribution in [0, 0.1) is 6.92 Å². The lowest BCUT2D eigenvalue weighted by Crippen LogP contribution is -2.45. The number of nitrogens with one attached hydrogen (secondary N) is 1. The zero-order chi connectivity index (χ0) is 14.5.